The summed E-state index contributed by atoms with van der Waals surface area (Å²) in [5, 5.41) is 4.38. The van der Waals surface area contributed by atoms with Gasteiger partial charge in [0.05, 0.1) is 11.2 Å². The van der Waals surface area contributed by atoms with Crippen LogP contribution in [0.1, 0.15) is 11.3 Å². The molecule has 0 bridgehead atoms. The second kappa shape index (κ2) is 4.62. The summed E-state index contributed by atoms with van der Waals surface area (Å²) in [6, 6.07) is 4.01. The molecule has 3 aromatic heterocycles. The molecular formula is C13H15N5S. The van der Waals surface area contributed by atoms with Crippen molar-refractivity contribution in [3.63, 3.8) is 0 Å². The highest BCUT2D eigenvalue weighted by molar-refractivity contribution is 7.71. The van der Waals surface area contributed by atoms with Crippen molar-refractivity contribution in [1.29, 1.82) is 0 Å². The van der Waals surface area contributed by atoms with Gasteiger partial charge < -0.3 is 9.55 Å². The summed E-state index contributed by atoms with van der Waals surface area (Å²) >= 11 is 5.37. The van der Waals surface area contributed by atoms with Gasteiger partial charge in [-0.15, -0.1) is 0 Å². The molecule has 0 aliphatic rings. The monoisotopic (exact) mass is 273 g/mol. The Morgan fingerprint density at radius 2 is 2.21 bits per heavy atom. The van der Waals surface area contributed by atoms with Crippen LogP contribution in [0.4, 0.5) is 0 Å². The number of rotatable bonds is 3. The van der Waals surface area contributed by atoms with Crippen LogP contribution in [0.25, 0.3) is 11.2 Å². The lowest BCUT2D eigenvalue weighted by Gasteiger charge is -2.02. The Morgan fingerprint density at radius 1 is 1.37 bits per heavy atom. The standard InChI is InChI=1S/C13H15N5S/c1-9-3-6-14-12-11(9)15-13(19)18(12)8-5-10-4-7-17(2)16-10/h3-4,6-7H,5,8H2,1-2H3,(H,15,19). The highest BCUT2D eigenvalue weighted by Gasteiger charge is 2.08. The minimum atomic E-state index is 0.715. The molecule has 0 spiro atoms. The number of nitrogens with one attached hydrogen (secondary N) is 1. The summed E-state index contributed by atoms with van der Waals surface area (Å²) in [5.41, 5.74) is 4.16. The van der Waals surface area contributed by atoms with Gasteiger partial charge in [-0.05, 0) is 36.8 Å². The van der Waals surface area contributed by atoms with Gasteiger partial charge in [-0.2, -0.15) is 5.10 Å². The highest BCUT2D eigenvalue weighted by Crippen LogP contribution is 2.15. The maximum absolute atomic E-state index is 5.37. The van der Waals surface area contributed by atoms with Gasteiger partial charge in [0.2, 0.25) is 0 Å². The summed E-state index contributed by atoms with van der Waals surface area (Å²) in [4.78, 5) is 7.65. The van der Waals surface area contributed by atoms with E-state index in [0.717, 1.165) is 35.4 Å². The lowest BCUT2D eigenvalue weighted by atomic mass is 10.2. The van der Waals surface area contributed by atoms with Crippen LogP contribution in [0, 0.1) is 11.7 Å². The summed E-state index contributed by atoms with van der Waals surface area (Å²) < 4.78 is 4.56. The molecule has 1 N–H and O–H groups in total. The smallest absolute Gasteiger partial charge is 0.179 e. The minimum Gasteiger partial charge on any atom is -0.329 e. The lowest BCUT2D eigenvalue weighted by Crippen LogP contribution is -2.03. The van der Waals surface area contributed by atoms with E-state index in [2.05, 4.69) is 22.0 Å². The van der Waals surface area contributed by atoms with Crippen LogP contribution in [0.15, 0.2) is 24.5 Å². The van der Waals surface area contributed by atoms with Gasteiger partial charge >= 0.3 is 0 Å². The van der Waals surface area contributed by atoms with E-state index in [-0.39, 0.29) is 0 Å². The number of fused-ring (bicyclic) bond motifs is 1. The van der Waals surface area contributed by atoms with E-state index in [1.807, 2.05) is 40.8 Å². The molecule has 0 atom stereocenters. The molecule has 98 valence electrons. The molecule has 3 heterocycles. The Hall–Kier alpha value is -1.95. The average Bonchev–Trinajstić information content (AvgIpc) is 2.92. The summed E-state index contributed by atoms with van der Waals surface area (Å²) in [7, 11) is 1.92. The normalized spacial score (nSPS) is 11.3. The quantitative estimate of drug-likeness (QED) is 0.745. The molecule has 0 saturated heterocycles. The molecule has 5 nitrogen and oxygen atoms in total. The maximum atomic E-state index is 5.37. The fourth-order valence-electron chi connectivity index (χ4n) is 2.20. The van der Waals surface area contributed by atoms with Gasteiger partial charge in [0.15, 0.2) is 10.4 Å². The fraction of sp³-hybridized carbons (Fsp3) is 0.308. The zero-order valence-corrected chi connectivity index (χ0v) is 11.7. The number of aromatic amines is 1. The molecule has 6 heteroatoms. The molecular weight excluding hydrogens is 258 g/mol. The molecule has 3 rings (SSSR count). The van der Waals surface area contributed by atoms with Gasteiger partial charge in [0, 0.05) is 32.4 Å². The number of aromatic nitrogens is 5. The van der Waals surface area contributed by atoms with E-state index in [0.29, 0.717) is 4.77 Å². The van der Waals surface area contributed by atoms with Crippen LogP contribution in [-0.4, -0.2) is 24.3 Å². The van der Waals surface area contributed by atoms with Crippen molar-refractivity contribution >= 4 is 23.4 Å². The van der Waals surface area contributed by atoms with Crippen molar-refractivity contribution in [1.82, 2.24) is 24.3 Å². The topological polar surface area (TPSA) is 51.4 Å². The van der Waals surface area contributed by atoms with Crippen LogP contribution in [0.2, 0.25) is 0 Å². The molecule has 3 aromatic rings. The Labute approximate surface area is 115 Å². The molecule has 0 fully saturated rings. The van der Waals surface area contributed by atoms with Crippen LogP contribution in [0.3, 0.4) is 0 Å². The highest BCUT2D eigenvalue weighted by atomic mass is 32.1. The summed E-state index contributed by atoms with van der Waals surface area (Å²) in [6.45, 7) is 2.84. The van der Waals surface area contributed by atoms with E-state index in [1.54, 1.807) is 0 Å². The van der Waals surface area contributed by atoms with E-state index in [9.17, 15) is 0 Å². The molecule has 19 heavy (non-hydrogen) atoms. The summed E-state index contributed by atoms with van der Waals surface area (Å²) in [5.74, 6) is 0. The first-order chi connectivity index (χ1) is 9.15. The first-order valence-corrected chi connectivity index (χ1v) is 6.58. The van der Waals surface area contributed by atoms with Crippen LogP contribution in [0.5, 0.6) is 0 Å². The van der Waals surface area contributed by atoms with Crippen LogP contribution >= 0.6 is 12.2 Å². The Kier molecular flexibility index (Phi) is 2.94. The number of aryl methyl sites for hydroxylation is 4. The molecule has 0 saturated carbocycles. The molecule has 0 aliphatic heterocycles. The van der Waals surface area contributed by atoms with Gasteiger partial charge in [-0.3, -0.25) is 4.68 Å². The largest absolute Gasteiger partial charge is 0.329 e. The zero-order valence-electron chi connectivity index (χ0n) is 10.9. The summed E-state index contributed by atoms with van der Waals surface area (Å²) in [6.07, 6.45) is 4.61. The number of hydrogen-bond donors (Lipinski definition) is 1. The molecule has 0 aliphatic carbocycles. The van der Waals surface area contributed by atoms with Gasteiger partial charge in [0.1, 0.15) is 0 Å². The Bertz CT molecular complexity index is 780. The van der Waals surface area contributed by atoms with E-state index in [4.69, 9.17) is 12.2 Å². The Balaban J connectivity index is 1.95. The van der Waals surface area contributed by atoms with Crippen LogP contribution in [-0.2, 0) is 20.0 Å². The number of nitrogens with zero attached hydrogens (tertiary/aromatic N) is 4. The second-order valence-corrected chi connectivity index (χ2v) is 5.03. The van der Waals surface area contributed by atoms with Crippen molar-refractivity contribution in [2.75, 3.05) is 0 Å². The first-order valence-electron chi connectivity index (χ1n) is 6.18. The number of pyridine rings is 1. The van der Waals surface area contributed by atoms with Crippen molar-refractivity contribution in [3.8, 4) is 0 Å². The third-order valence-electron chi connectivity index (χ3n) is 3.23. The van der Waals surface area contributed by atoms with E-state index < -0.39 is 0 Å². The predicted octanol–water partition coefficient (Wildman–Crippen LogP) is 2.38. The molecule has 0 aromatic carbocycles. The third kappa shape index (κ3) is 2.19. The average molecular weight is 273 g/mol. The predicted molar refractivity (Wildman–Crippen MR) is 76.6 cm³/mol. The molecule has 0 radical (unpaired) electrons. The SMILES string of the molecule is Cc1ccnc2c1[nH]c(=S)n2CCc1ccn(C)n1. The number of imidazole rings is 1. The van der Waals surface area contributed by atoms with Crippen molar-refractivity contribution < 1.29 is 0 Å². The fourth-order valence-corrected chi connectivity index (χ4v) is 2.48. The van der Waals surface area contributed by atoms with Crippen molar-refractivity contribution in [3.05, 3.63) is 40.6 Å². The zero-order chi connectivity index (χ0) is 13.4. The lowest BCUT2D eigenvalue weighted by molar-refractivity contribution is 0.668. The molecule has 0 amide bonds. The molecule has 0 unspecified atom stereocenters. The van der Waals surface area contributed by atoms with Gasteiger partial charge in [-0.1, -0.05) is 0 Å². The third-order valence-corrected chi connectivity index (χ3v) is 3.55. The van der Waals surface area contributed by atoms with Crippen molar-refractivity contribution in [2.45, 2.75) is 19.9 Å². The first kappa shape index (κ1) is 12.1. The second-order valence-electron chi connectivity index (χ2n) is 4.64. The Morgan fingerprint density at radius 3 is 2.95 bits per heavy atom. The van der Waals surface area contributed by atoms with Crippen molar-refractivity contribution in [2.24, 2.45) is 7.05 Å². The van der Waals surface area contributed by atoms with Gasteiger partial charge in [-0.25, -0.2) is 4.98 Å². The van der Waals surface area contributed by atoms with Crippen LogP contribution < -0.4 is 0 Å². The number of H-pyrrole nitrogens is 1. The maximum Gasteiger partial charge on any atom is 0.179 e. The van der Waals surface area contributed by atoms with E-state index >= 15 is 0 Å². The number of hydrogen-bond acceptors (Lipinski definition) is 3. The minimum absolute atomic E-state index is 0.715. The van der Waals surface area contributed by atoms with E-state index in [1.165, 1.54) is 0 Å². The van der Waals surface area contributed by atoms with Gasteiger partial charge in [0.25, 0.3) is 0 Å².